The molecule has 0 aliphatic rings. The predicted octanol–water partition coefficient (Wildman–Crippen LogP) is 3.15. The molecule has 2 nitrogen and oxygen atoms in total. The minimum absolute atomic E-state index is 0.0107. The highest BCUT2D eigenvalue weighted by molar-refractivity contribution is 5.21. The minimum Gasteiger partial charge on any atom is -0.379 e. The molecular formula is C14H22FNO. The van der Waals surface area contributed by atoms with Crippen LogP contribution in [0.15, 0.2) is 24.3 Å². The van der Waals surface area contributed by atoms with E-state index in [-0.39, 0.29) is 23.4 Å². The van der Waals surface area contributed by atoms with Gasteiger partial charge in [0.1, 0.15) is 5.82 Å². The molecule has 0 saturated carbocycles. The van der Waals surface area contributed by atoms with Crippen molar-refractivity contribution in [3.8, 4) is 0 Å². The second-order valence-electron chi connectivity index (χ2n) is 5.34. The van der Waals surface area contributed by atoms with Crippen LogP contribution in [0, 0.1) is 11.2 Å². The first-order chi connectivity index (χ1) is 7.90. The molecule has 1 rings (SSSR count). The van der Waals surface area contributed by atoms with Crippen LogP contribution in [0.5, 0.6) is 0 Å². The Morgan fingerprint density at radius 3 is 2.06 bits per heavy atom. The highest BCUT2D eigenvalue weighted by Gasteiger charge is 2.32. The van der Waals surface area contributed by atoms with Crippen molar-refractivity contribution < 1.29 is 9.13 Å². The molecule has 96 valence electrons. The highest BCUT2D eigenvalue weighted by atomic mass is 19.1. The number of hydrogen-bond acceptors (Lipinski definition) is 2. The fraction of sp³-hybridized carbons (Fsp3) is 0.571. The van der Waals surface area contributed by atoms with Gasteiger partial charge in [-0.2, -0.15) is 0 Å². The SMILES string of the molecule is CNC(c1ccc(F)cc1)C(OC)C(C)(C)C. The van der Waals surface area contributed by atoms with Crippen LogP contribution in [0.3, 0.4) is 0 Å². The summed E-state index contributed by atoms with van der Waals surface area (Å²) in [7, 11) is 3.61. The van der Waals surface area contributed by atoms with Gasteiger partial charge in [0, 0.05) is 7.11 Å². The summed E-state index contributed by atoms with van der Waals surface area (Å²) in [6.07, 6.45) is 0.0259. The zero-order valence-corrected chi connectivity index (χ0v) is 11.3. The molecule has 0 radical (unpaired) electrons. The molecule has 1 aromatic carbocycles. The Morgan fingerprint density at radius 2 is 1.71 bits per heavy atom. The predicted molar refractivity (Wildman–Crippen MR) is 68.5 cm³/mol. The van der Waals surface area contributed by atoms with Gasteiger partial charge in [0.05, 0.1) is 12.1 Å². The van der Waals surface area contributed by atoms with E-state index in [0.29, 0.717) is 0 Å². The molecular weight excluding hydrogens is 217 g/mol. The normalized spacial score (nSPS) is 15.6. The third-order valence-electron chi connectivity index (χ3n) is 2.95. The number of nitrogens with one attached hydrogen (secondary N) is 1. The van der Waals surface area contributed by atoms with Crippen molar-refractivity contribution in [3.05, 3.63) is 35.6 Å². The molecule has 0 fully saturated rings. The Hall–Kier alpha value is -0.930. The van der Waals surface area contributed by atoms with Gasteiger partial charge in [0.2, 0.25) is 0 Å². The fourth-order valence-electron chi connectivity index (χ4n) is 2.15. The minimum atomic E-state index is -0.215. The van der Waals surface area contributed by atoms with Gasteiger partial charge in [-0.3, -0.25) is 0 Å². The number of benzene rings is 1. The van der Waals surface area contributed by atoms with E-state index >= 15 is 0 Å². The summed E-state index contributed by atoms with van der Waals surface area (Å²) in [4.78, 5) is 0. The van der Waals surface area contributed by atoms with Crippen molar-refractivity contribution in [2.45, 2.75) is 32.9 Å². The van der Waals surface area contributed by atoms with E-state index in [2.05, 4.69) is 26.1 Å². The smallest absolute Gasteiger partial charge is 0.123 e. The summed E-state index contributed by atoms with van der Waals surface area (Å²) >= 11 is 0. The van der Waals surface area contributed by atoms with Crippen molar-refractivity contribution >= 4 is 0 Å². The highest BCUT2D eigenvalue weighted by Crippen LogP contribution is 2.32. The third-order valence-corrected chi connectivity index (χ3v) is 2.95. The standard InChI is InChI=1S/C14H22FNO/c1-14(2,3)13(17-5)12(16-4)10-6-8-11(15)9-7-10/h6-9,12-13,16H,1-5H3. The van der Waals surface area contributed by atoms with Crippen LogP contribution in [0.1, 0.15) is 32.4 Å². The maximum atomic E-state index is 12.9. The fourth-order valence-corrected chi connectivity index (χ4v) is 2.15. The molecule has 0 heterocycles. The van der Waals surface area contributed by atoms with Gasteiger partial charge < -0.3 is 10.1 Å². The summed E-state index contributed by atoms with van der Waals surface area (Å²) < 4.78 is 18.5. The van der Waals surface area contributed by atoms with Crippen LogP contribution in [-0.2, 0) is 4.74 Å². The van der Waals surface area contributed by atoms with E-state index in [1.807, 2.05) is 7.05 Å². The molecule has 17 heavy (non-hydrogen) atoms. The van der Waals surface area contributed by atoms with Crippen molar-refractivity contribution in [2.24, 2.45) is 5.41 Å². The number of hydrogen-bond donors (Lipinski definition) is 1. The largest absolute Gasteiger partial charge is 0.379 e. The molecule has 0 aromatic heterocycles. The molecule has 1 aromatic rings. The summed E-state index contributed by atoms with van der Waals surface area (Å²) in [5.74, 6) is -0.215. The van der Waals surface area contributed by atoms with Crippen LogP contribution in [0.25, 0.3) is 0 Å². The molecule has 0 aliphatic carbocycles. The number of ether oxygens (including phenoxy) is 1. The van der Waals surface area contributed by atoms with Crippen molar-refractivity contribution in [1.82, 2.24) is 5.32 Å². The van der Waals surface area contributed by atoms with Crippen LogP contribution in [0.2, 0.25) is 0 Å². The molecule has 1 N–H and O–H groups in total. The molecule has 2 atom stereocenters. The van der Waals surface area contributed by atoms with E-state index in [9.17, 15) is 4.39 Å². The van der Waals surface area contributed by atoms with Gasteiger partial charge in [-0.25, -0.2) is 4.39 Å². The first kappa shape index (κ1) is 14.1. The average Bonchev–Trinajstić information content (AvgIpc) is 2.25. The summed E-state index contributed by atoms with van der Waals surface area (Å²) in [5.41, 5.74) is 1.05. The second-order valence-corrected chi connectivity index (χ2v) is 5.34. The topological polar surface area (TPSA) is 21.3 Å². The quantitative estimate of drug-likeness (QED) is 0.871. The van der Waals surface area contributed by atoms with Gasteiger partial charge in [-0.05, 0) is 30.2 Å². The molecule has 0 aliphatic heterocycles. The zero-order chi connectivity index (χ0) is 13.1. The van der Waals surface area contributed by atoms with Gasteiger partial charge in [-0.1, -0.05) is 32.9 Å². The Balaban J connectivity index is 3.01. The Kier molecular flexibility index (Phi) is 4.66. The summed E-state index contributed by atoms with van der Waals surface area (Å²) in [6.45, 7) is 6.40. The molecule has 0 saturated heterocycles. The lowest BCUT2D eigenvalue weighted by Gasteiger charge is -2.36. The zero-order valence-electron chi connectivity index (χ0n) is 11.3. The van der Waals surface area contributed by atoms with Gasteiger partial charge in [0.25, 0.3) is 0 Å². The maximum absolute atomic E-state index is 12.9. The number of methoxy groups -OCH3 is 1. The van der Waals surface area contributed by atoms with E-state index in [1.54, 1.807) is 19.2 Å². The molecule has 0 spiro atoms. The molecule has 3 heteroatoms. The van der Waals surface area contributed by atoms with E-state index < -0.39 is 0 Å². The number of rotatable bonds is 4. The Morgan fingerprint density at radius 1 is 1.18 bits per heavy atom. The first-order valence-corrected chi connectivity index (χ1v) is 5.85. The van der Waals surface area contributed by atoms with Crippen molar-refractivity contribution in [3.63, 3.8) is 0 Å². The van der Waals surface area contributed by atoms with E-state index in [0.717, 1.165) is 5.56 Å². The number of likely N-dealkylation sites (N-methyl/N-ethyl adjacent to an activating group) is 1. The number of halogens is 1. The maximum Gasteiger partial charge on any atom is 0.123 e. The van der Waals surface area contributed by atoms with Crippen LogP contribution in [0.4, 0.5) is 4.39 Å². The first-order valence-electron chi connectivity index (χ1n) is 5.85. The summed E-state index contributed by atoms with van der Waals surface area (Å²) in [5, 5.41) is 3.25. The lowest BCUT2D eigenvalue weighted by atomic mass is 9.82. The molecule has 0 bridgehead atoms. The lowest BCUT2D eigenvalue weighted by molar-refractivity contribution is -0.0102. The van der Waals surface area contributed by atoms with Crippen LogP contribution < -0.4 is 5.32 Å². The Labute approximate surface area is 103 Å². The average molecular weight is 239 g/mol. The van der Waals surface area contributed by atoms with Gasteiger partial charge >= 0.3 is 0 Å². The second kappa shape index (κ2) is 5.61. The van der Waals surface area contributed by atoms with Crippen LogP contribution >= 0.6 is 0 Å². The monoisotopic (exact) mass is 239 g/mol. The lowest BCUT2D eigenvalue weighted by Crippen LogP contribution is -2.40. The van der Waals surface area contributed by atoms with Crippen molar-refractivity contribution in [1.29, 1.82) is 0 Å². The van der Waals surface area contributed by atoms with E-state index in [1.165, 1.54) is 12.1 Å². The Bertz CT molecular complexity index is 342. The molecule has 2 unspecified atom stereocenters. The van der Waals surface area contributed by atoms with Crippen molar-refractivity contribution in [2.75, 3.05) is 14.2 Å². The third kappa shape index (κ3) is 3.51. The molecule has 0 amide bonds. The summed E-state index contributed by atoms with van der Waals surface area (Å²) in [6, 6.07) is 6.62. The van der Waals surface area contributed by atoms with Gasteiger partial charge in [-0.15, -0.1) is 0 Å². The van der Waals surface area contributed by atoms with Gasteiger partial charge in [0.15, 0.2) is 0 Å². The van der Waals surface area contributed by atoms with Crippen LogP contribution in [-0.4, -0.2) is 20.3 Å². The van der Waals surface area contributed by atoms with E-state index in [4.69, 9.17) is 4.74 Å².